The molecule has 0 spiro atoms. The van der Waals surface area contributed by atoms with Gasteiger partial charge < -0.3 is 5.32 Å². The van der Waals surface area contributed by atoms with Gasteiger partial charge in [0.2, 0.25) is 0 Å². The highest BCUT2D eigenvalue weighted by Gasteiger charge is 2.04. The maximum atomic E-state index is 3.55. The Balaban J connectivity index is 1.75. The molecule has 3 aromatic rings. The van der Waals surface area contributed by atoms with Gasteiger partial charge in [-0.2, -0.15) is 0 Å². The number of anilines is 2. The number of benzene rings is 3. The van der Waals surface area contributed by atoms with E-state index in [1.54, 1.807) is 0 Å². The molecular weight excluding hydrogens is 302 g/mol. The predicted octanol–water partition coefficient (Wildman–Crippen LogP) is 6.83. The van der Waals surface area contributed by atoms with Crippen molar-refractivity contribution < 1.29 is 0 Å². The van der Waals surface area contributed by atoms with Crippen LogP contribution in [0.4, 0.5) is 11.4 Å². The van der Waals surface area contributed by atoms with E-state index in [1.165, 1.54) is 39.1 Å². The third kappa shape index (κ3) is 4.39. The van der Waals surface area contributed by atoms with Crippen molar-refractivity contribution in [1.82, 2.24) is 0 Å². The SMILES string of the molecule is Cc1cccc(C=Cc2ccc(Nc3c(C)cc(C)cc3C)cc2)c1. The van der Waals surface area contributed by atoms with Gasteiger partial charge in [-0.25, -0.2) is 0 Å². The lowest BCUT2D eigenvalue weighted by Crippen LogP contribution is -1.97. The summed E-state index contributed by atoms with van der Waals surface area (Å²) in [6.45, 7) is 8.56. The average molecular weight is 327 g/mol. The maximum Gasteiger partial charge on any atom is 0.0443 e. The van der Waals surface area contributed by atoms with Crippen molar-refractivity contribution in [3.8, 4) is 0 Å². The average Bonchev–Trinajstić information content (AvgIpc) is 2.57. The number of rotatable bonds is 4. The van der Waals surface area contributed by atoms with Gasteiger partial charge in [-0.05, 0) is 62.1 Å². The van der Waals surface area contributed by atoms with Crippen LogP contribution in [0.2, 0.25) is 0 Å². The van der Waals surface area contributed by atoms with E-state index in [2.05, 4.69) is 106 Å². The second kappa shape index (κ2) is 7.40. The molecule has 1 nitrogen and oxygen atoms in total. The summed E-state index contributed by atoms with van der Waals surface area (Å²) < 4.78 is 0. The van der Waals surface area contributed by atoms with Crippen molar-refractivity contribution in [2.75, 3.05) is 5.32 Å². The molecule has 0 aliphatic carbocycles. The maximum absolute atomic E-state index is 3.55. The zero-order valence-electron chi connectivity index (χ0n) is 15.4. The molecule has 0 heterocycles. The molecule has 0 aliphatic rings. The smallest absolute Gasteiger partial charge is 0.0443 e. The van der Waals surface area contributed by atoms with Crippen LogP contribution >= 0.6 is 0 Å². The van der Waals surface area contributed by atoms with Crippen molar-refractivity contribution in [1.29, 1.82) is 0 Å². The van der Waals surface area contributed by atoms with Crippen molar-refractivity contribution in [2.24, 2.45) is 0 Å². The fraction of sp³-hybridized carbons (Fsp3) is 0.167. The van der Waals surface area contributed by atoms with Crippen LogP contribution < -0.4 is 5.32 Å². The summed E-state index contributed by atoms with van der Waals surface area (Å²) in [5.74, 6) is 0. The molecule has 1 N–H and O–H groups in total. The van der Waals surface area contributed by atoms with Gasteiger partial charge in [0.05, 0.1) is 0 Å². The molecule has 126 valence electrons. The second-order valence-electron chi connectivity index (χ2n) is 6.77. The minimum absolute atomic E-state index is 1.11. The molecule has 3 rings (SSSR count). The van der Waals surface area contributed by atoms with Crippen LogP contribution in [0.25, 0.3) is 12.2 Å². The normalized spacial score (nSPS) is 11.0. The molecule has 1 heteroatoms. The van der Waals surface area contributed by atoms with Gasteiger partial charge in [-0.15, -0.1) is 0 Å². The van der Waals surface area contributed by atoms with E-state index < -0.39 is 0 Å². The third-order valence-electron chi connectivity index (χ3n) is 4.37. The van der Waals surface area contributed by atoms with E-state index in [0.717, 1.165) is 5.69 Å². The zero-order valence-corrected chi connectivity index (χ0v) is 15.4. The summed E-state index contributed by atoms with van der Waals surface area (Å²) in [5.41, 5.74) is 9.89. The van der Waals surface area contributed by atoms with Crippen LogP contribution in [0.1, 0.15) is 33.4 Å². The van der Waals surface area contributed by atoms with Crippen LogP contribution in [0.15, 0.2) is 60.7 Å². The minimum Gasteiger partial charge on any atom is -0.355 e. The van der Waals surface area contributed by atoms with Crippen LogP contribution in [0.5, 0.6) is 0 Å². The summed E-state index contributed by atoms with van der Waals surface area (Å²) in [6.07, 6.45) is 4.31. The third-order valence-corrected chi connectivity index (χ3v) is 4.37. The van der Waals surface area contributed by atoms with Crippen LogP contribution in [-0.2, 0) is 0 Å². The molecule has 0 bridgehead atoms. The fourth-order valence-corrected chi connectivity index (χ4v) is 3.17. The Kier molecular flexibility index (Phi) is 5.04. The summed E-state index contributed by atoms with van der Waals surface area (Å²) in [7, 11) is 0. The molecular formula is C24H25N. The Morgan fingerprint density at radius 3 is 1.92 bits per heavy atom. The Morgan fingerprint density at radius 1 is 0.640 bits per heavy atom. The molecule has 0 saturated carbocycles. The Labute approximate surface area is 151 Å². The first-order chi connectivity index (χ1) is 12.0. The molecule has 0 saturated heterocycles. The van der Waals surface area contributed by atoms with Gasteiger partial charge in [0.15, 0.2) is 0 Å². The van der Waals surface area contributed by atoms with Crippen LogP contribution in [0, 0.1) is 27.7 Å². The van der Waals surface area contributed by atoms with E-state index in [-0.39, 0.29) is 0 Å². The van der Waals surface area contributed by atoms with Crippen molar-refractivity contribution in [3.05, 3.63) is 94.0 Å². The van der Waals surface area contributed by atoms with Gasteiger partial charge in [0, 0.05) is 11.4 Å². The monoisotopic (exact) mass is 327 g/mol. The number of hydrogen-bond acceptors (Lipinski definition) is 1. The van der Waals surface area contributed by atoms with Gasteiger partial charge in [-0.1, -0.05) is 71.8 Å². The molecule has 0 atom stereocenters. The predicted molar refractivity (Wildman–Crippen MR) is 110 cm³/mol. The fourth-order valence-electron chi connectivity index (χ4n) is 3.17. The molecule has 0 aliphatic heterocycles. The largest absolute Gasteiger partial charge is 0.355 e. The van der Waals surface area contributed by atoms with Crippen LogP contribution in [-0.4, -0.2) is 0 Å². The molecule has 3 aromatic carbocycles. The molecule has 0 unspecified atom stereocenters. The van der Waals surface area contributed by atoms with E-state index in [1.807, 2.05) is 0 Å². The Bertz CT molecular complexity index is 879. The summed E-state index contributed by atoms with van der Waals surface area (Å²) in [4.78, 5) is 0. The van der Waals surface area contributed by atoms with Gasteiger partial charge >= 0.3 is 0 Å². The van der Waals surface area contributed by atoms with E-state index in [0.29, 0.717) is 0 Å². The van der Waals surface area contributed by atoms with E-state index >= 15 is 0 Å². The highest BCUT2D eigenvalue weighted by Crippen LogP contribution is 2.26. The van der Waals surface area contributed by atoms with E-state index in [9.17, 15) is 0 Å². The Hall–Kier alpha value is -2.80. The first kappa shape index (κ1) is 17.0. The van der Waals surface area contributed by atoms with Gasteiger partial charge in [0.1, 0.15) is 0 Å². The van der Waals surface area contributed by atoms with Crippen molar-refractivity contribution in [2.45, 2.75) is 27.7 Å². The topological polar surface area (TPSA) is 12.0 Å². The molecule has 0 amide bonds. The summed E-state index contributed by atoms with van der Waals surface area (Å²) in [5, 5.41) is 3.55. The molecule has 0 radical (unpaired) electrons. The molecule has 0 fully saturated rings. The highest BCUT2D eigenvalue weighted by molar-refractivity contribution is 5.72. The lowest BCUT2D eigenvalue weighted by atomic mass is 10.0. The Morgan fingerprint density at radius 2 is 1.28 bits per heavy atom. The van der Waals surface area contributed by atoms with Crippen molar-refractivity contribution in [3.63, 3.8) is 0 Å². The number of nitrogens with one attached hydrogen (secondary N) is 1. The first-order valence-corrected chi connectivity index (χ1v) is 8.71. The lowest BCUT2D eigenvalue weighted by Gasteiger charge is -2.14. The number of aryl methyl sites for hydroxylation is 4. The minimum atomic E-state index is 1.11. The summed E-state index contributed by atoms with van der Waals surface area (Å²) in [6, 6.07) is 21.5. The van der Waals surface area contributed by atoms with Crippen molar-refractivity contribution >= 4 is 23.5 Å². The molecule has 0 aromatic heterocycles. The molecule has 25 heavy (non-hydrogen) atoms. The van der Waals surface area contributed by atoms with Crippen LogP contribution in [0.3, 0.4) is 0 Å². The van der Waals surface area contributed by atoms with Gasteiger partial charge in [-0.3, -0.25) is 0 Å². The number of hydrogen-bond donors (Lipinski definition) is 1. The highest BCUT2D eigenvalue weighted by atomic mass is 14.9. The first-order valence-electron chi connectivity index (χ1n) is 8.71. The quantitative estimate of drug-likeness (QED) is 0.518. The van der Waals surface area contributed by atoms with Gasteiger partial charge in [0.25, 0.3) is 0 Å². The second-order valence-corrected chi connectivity index (χ2v) is 6.77. The lowest BCUT2D eigenvalue weighted by molar-refractivity contribution is 1.31. The standard InChI is InChI=1S/C24H25N/c1-17-6-5-7-22(16-17)9-8-21-10-12-23(13-11-21)25-24-19(3)14-18(2)15-20(24)4/h5-16,25H,1-4H3. The van der Waals surface area contributed by atoms with E-state index in [4.69, 9.17) is 0 Å². The summed E-state index contributed by atoms with van der Waals surface area (Å²) >= 11 is 0. The zero-order chi connectivity index (χ0) is 17.8.